The number of nitrogens with zero attached hydrogens (tertiary/aromatic N) is 1. The number of nitro groups is 1. The van der Waals surface area contributed by atoms with Crippen molar-refractivity contribution in [2.45, 2.75) is 43.8 Å². The fraction of sp³-hybridized carbons (Fsp3) is 0.600. The maximum Gasteiger partial charge on any atom is 0.272 e. The first kappa shape index (κ1) is 17.4. The van der Waals surface area contributed by atoms with E-state index in [4.69, 9.17) is 9.47 Å². The maximum atomic E-state index is 12.3. The highest BCUT2D eigenvalue weighted by molar-refractivity contribution is 5.44. The van der Waals surface area contributed by atoms with Gasteiger partial charge in [0, 0.05) is 11.3 Å². The maximum absolute atomic E-state index is 12.3. The summed E-state index contributed by atoms with van der Waals surface area (Å²) in [5.74, 6) is -0.0931. The Morgan fingerprint density at radius 3 is 2.74 bits per heavy atom. The van der Waals surface area contributed by atoms with Gasteiger partial charge in [-0.05, 0) is 30.5 Å². The second-order valence-corrected chi connectivity index (χ2v) is 5.54. The summed E-state index contributed by atoms with van der Waals surface area (Å²) in [6.07, 6.45) is -2.33. The largest absolute Gasteiger partial charge is 0.493 e. The van der Waals surface area contributed by atoms with Gasteiger partial charge in [0.05, 0.1) is 19.1 Å². The van der Waals surface area contributed by atoms with Gasteiger partial charge in [-0.25, -0.2) is 8.78 Å². The Labute approximate surface area is 132 Å². The summed E-state index contributed by atoms with van der Waals surface area (Å²) in [5.41, 5.74) is 0.579. The van der Waals surface area contributed by atoms with Crippen LogP contribution in [0.1, 0.15) is 30.7 Å². The normalized spacial score (nSPS) is 24.5. The minimum absolute atomic E-state index is 0.118. The van der Waals surface area contributed by atoms with Gasteiger partial charge in [-0.2, -0.15) is 0 Å². The third-order valence-electron chi connectivity index (χ3n) is 4.04. The molecular weight excluding hydrogens is 312 g/mol. The van der Waals surface area contributed by atoms with E-state index in [9.17, 15) is 24.0 Å². The molecule has 0 radical (unpaired) electrons. The molecule has 0 unspecified atom stereocenters. The van der Waals surface area contributed by atoms with E-state index in [1.807, 2.05) is 0 Å². The predicted octanol–water partition coefficient (Wildman–Crippen LogP) is 2.61. The van der Waals surface area contributed by atoms with Gasteiger partial charge in [0.2, 0.25) is 6.04 Å². The summed E-state index contributed by atoms with van der Waals surface area (Å²) in [4.78, 5) is 10.9. The lowest BCUT2D eigenvalue weighted by molar-refractivity contribution is -0.531. The molecule has 1 N–H and O–H groups in total. The Balaban J connectivity index is 2.29. The van der Waals surface area contributed by atoms with Gasteiger partial charge in [-0.1, -0.05) is 6.07 Å². The van der Waals surface area contributed by atoms with Crippen LogP contribution in [0.3, 0.4) is 0 Å². The van der Waals surface area contributed by atoms with Gasteiger partial charge in [0.1, 0.15) is 6.61 Å². The van der Waals surface area contributed by atoms with Crippen molar-refractivity contribution in [2.75, 3.05) is 13.7 Å². The van der Waals surface area contributed by atoms with Gasteiger partial charge in [-0.3, -0.25) is 10.1 Å². The molecular formula is C15H19F2NO5. The molecule has 0 heterocycles. The number of alkyl halides is 2. The molecule has 0 amide bonds. The van der Waals surface area contributed by atoms with Crippen LogP contribution < -0.4 is 9.47 Å². The molecule has 1 aromatic carbocycles. The first-order valence-electron chi connectivity index (χ1n) is 7.32. The molecule has 0 saturated heterocycles. The molecule has 2 rings (SSSR count). The van der Waals surface area contributed by atoms with Crippen LogP contribution in [0.25, 0.3) is 0 Å². The number of aliphatic hydroxyl groups excluding tert-OH is 1. The molecule has 128 valence electrons. The second kappa shape index (κ2) is 7.54. The van der Waals surface area contributed by atoms with Crippen molar-refractivity contribution in [3.8, 4) is 11.5 Å². The number of benzene rings is 1. The zero-order chi connectivity index (χ0) is 17.0. The van der Waals surface area contributed by atoms with E-state index in [1.54, 1.807) is 6.07 Å². The standard InChI is InChI=1S/C15H19F2NO5/c1-22-13-5-2-9(6-14(13)23-8-15(16)17)11-7-10(19)3-4-12(11)18(20)21/h2,5-6,10-12,15,19H,3-4,7-8H2,1H3/t10-,11-,12-/m1/s1. The van der Waals surface area contributed by atoms with E-state index >= 15 is 0 Å². The topological polar surface area (TPSA) is 81.8 Å². The van der Waals surface area contributed by atoms with E-state index in [0.717, 1.165) is 0 Å². The Morgan fingerprint density at radius 1 is 1.39 bits per heavy atom. The second-order valence-electron chi connectivity index (χ2n) is 5.54. The molecule has 1 saturated carbocycles. The van der Waals surface area contributed by atoms with Crippen LogP contribution in [-0.2, 0) is 0 Å². The van der Waals surface area contributed by atoms with Crippen LogP contribution in [-0.4, -0.2) is 42.3 Å². The molecule has 1 fully saturated rings. The lowest BCUT2D eigenvalue weighted by Crippen LogP contribution is -2.35. The van der Waals surface area contributed by atoms with Gasteiger partial charge in [-0.15, -0.1) is 0 Å². The summed E-state index contributed by atoms with van der Waals surface area (Å²) in [5, 5.41) is 21.0. The van der Waals surface area contributed by atoms with E-state index in [-0.39, 0.29) is 29.3 Å². The monoisotopic (exact) mass is 331 g/mol. The fourth-order valence-corrected chi connectivity index (χ4v) is 2.93. The average Bonchev–Trinajstić information content (AvgIpc) is 2.52. The van der Waals surface area contributed by atoms with Gasteiger partial charge in [0.15, 0.2) is 11.5 Å². The molecule has 0 aliphatic heterocycles. The minimum Gasteiger partial charge on any atom is -0.493 e. The number of aliphatic hydroxyl groups is 1. The van der Waals surface area contributed by atoms with Gasteiger partial charge in [0.25, 0.3) is 6.43 Å². The first-order chi connectivity index (χ1) is 10.9. The SMILES string of the molecule is COc1ccc([C@H]2C[C@H](O)CC[C@H]2[N+](=O)[O-])cc1OCC(F)F. The molecule has 3 atom stereocenters. The highest BCUT2D eigenvalue weighted by Gasteiger charge is 2.38. The Hall–Kier alpha value is -1.96. The summed E-state index contributed by atoms with van der Waals surface area (Å²) in [6, 6.07) is 3.86. The average molecular weight is 331 g/mol. The van der Waals surface area contributed by atoms with Crippen LogP contribution in [0.4, 0.5) is 8.78 Å². The molecule has 1 aromatic rings. The predicted molar refractivity (Wildman–Crippen MR) is 77.9 cm³/mol. The summed E-state index contributed by atoms with van der Waals surface area (Å²) < 4.78 is 34.8. The summed E-state index contributed by atoms with van der Waals surface area (Å²) in [7, 11) is 1.38. The van der Waals surface area contributed by atoms with Crippen LogP contribution in [0.5, 0.6) is 11.5 Å². The van der Waals surface area contributed by atoms with Gasteiger partial charge >= 0.3 is 0 Å². The molecule has 0 bridgehead atoms. The van der Waals surface area contributed by atoms with Crippen LogP contribution in [0, 0.1) is 10.1 Å². The number of hydrogen-bond acceptors (Lipinski definition) is 5. The zero-order valence-corrected chi connectivity index (χ0v) is 12.7. The third-order valence-corrected chi connectivity index (χ3v) is 4.04. The van der Waals surface area contributed by atoms with Crippen molar-refractivity contribution in [3.63, 3.8) is 0 Å². The van der Waals surface area contributed by atoms with Crippen LogP contribution in [0.15, 0.2) is 18.2 Å². The van der Waals surface area contributed by atoms with E-state index < -0.39 is 31.1 Å². The Kier molecular flexibility index (Phi) is 5.70. The Bertz CT molecular complexity index is 555. The molecule has 1 aliphatic carbocycles. The molecule has 8 heteroatoms. The number of halogens is 2. The first-order valence-corrected chi connectivity index (χ1v) is 7.32. The van der Waals surface area contributed by atoms with E-state index in [2.05, 4.69) is 0 Å². The number of rotatable bonds is 6. The Morgan fingerprint density at radius 2 is 2.13 bits per heavy atom. The highest BCUT2D eigenvalue weighted by Crippen LogP contribution is 2.38. The number of methoxy groups -OCH3 is 1. The lowest BCUT2D eigenvalue weighted by Gasteiger charge is -2.29. The number of hydrogen-bond donors (Lipinski definition) is 1. The molecule has 0 aromatic heterocycles. The van der Waals surface area contributed by atoms with Crippen molar-refractivity contribution < 1.29 is 28.3 Å². The van der Waals surface area contributed by atoms with Crippen molar-refractivity contribution in [3.05, 3.63) is 33.9 Å². The number of ether oxygens (including phenoxy) is 2. The van der Waals surface area contributed by atoms with Crippen LogP contribution in [0.2, 0.25) is 0 Å². The lowest BCUT2D eigenvalue weighted by atomic mass is 9.79. The van der Waals surface area contributed by atoms with Crippen molar-refractivity contribution >= 4 is 0 Å². The third kappa shape index (κ3) is 4.28. The van der Waals surface area contributed by atoms with Crippen molar-refractivity contribution in [1.82, 2.24) is 0 Å². The fourth-order valence-electron chi connectivity index (χ4n) is 2.93. The summed E-state index contributed by atoms with van der Waals surface area (Å²) in [6.45, 7) is -0.786. The quantitative estimate of drug-likeness (QED) is 0.640. The zero-order valence-electron chi connectivity index (χ0n) is 12.7. The molecule has 6 nitrogen and oxygen atoms in total. The van der Waals surface area contributed by atoms with E-state index in [1.165, 1.54) is 19.2 Å². The van der Waals surface area contributed by atoms with Crippen molar-refractivity contribution in [1.29, 1.82) is 0 Å². The molecule has 0 spiro atoms. The molecule has 1 aliphatic rings. The molecule has 23 heavy (non-hydrogen) atoms. The summed E-state index contributed by atoms with van der Waals surface area (Å²) >= 11 is 0. The van der Waals surface area contributed by atoms with Crippen molar-refractivity contribution in [2.24, 2.45) is 0 Å². The van der Waals surface area contributed by atoms with E-state index in [0.29, 0.717) is 12.0 Å². The highest BCUT2D eigenvalue weighted by atomic mass is 19.3. The smallest absolute Gasteiger partial charge is 0.272 e. The van der Waals surface area contributed by atoms with Gasteiger partial charge < -0.3 is 14.6 Å². The minimum atomic E-state index is -2.63. The van der Waals surface area contributed by atoms with Crippen LogP contribution >= 0.6 is 0 Å².